The summed E-state index contributed by atoms with van der Waals surface area (Å²) in [6.45, 7) is 0. The number of benzene rings is 1. The molecule has 0 spiro atoms. The molecule has 6 nitrogen and oxygen atoms in total. The summed E-state index contributed by atoms with van der Waals surface area (Å²) in [5, 5.41) is 9.56. The van der Waals surface area contributed by atoms with E-state index in [-0.39, 0.29) is 5.56 Å². The van der Waals surface area contributed by atoms with Gasteiger partial charge in [0.1, 0.15) is 0 Å². The van der Waals surface area contributed by atoms with Gasteiger partial charge < -0.3 is 4.98 Å². The smallest absolute Gasteiger partial charge is 0.335 e. The molecule has 0 radical (unpaired) electrons. The minimum atomic E-state index is -3.15. The standard InChI is InChI=1S/C9H8N2O4S/c12-11(13)9(16(14)15)7-5-10-8-4-2-1-3-6(7)8/h1-5,9-10,16H. The Morgan fingerprint density at radius 3 is 2.62 bits per heavy atom. The second-order valence-corrected chi connectivity index (χ2v) is 4.29. The molecule has 84 valence electrons. The van der Waals surface area contributed by atoms with E-state index in [0.717, 1.165) is 0 Å². The third kappa shape index (κ3) is 1.65. The molecule has 2 aromatic rings. The van der Waals surface area contributed by atoms with Gasteiger partial charge in [0.15, 0.2) is 0 Å². The van der Waals surface area contributed by atoms with E-state index in [2.05, 4.69) is 4.98 Å². The molecule has 1 N–H and O–H groups in total. The molecule has 1 aromatic carbocycles. The van der Waals surface area contributed by atoms with Gasteiger partial charge in [-0.2, -0.15) is 0 Å². The molecule has 0 aliphatic carbocycles. The highest BCUT2D eigenvalue weighted by Gasteiger charge is 2.28. The van der Waals surface area contributed by atoms with Crippen LogP contribution >= 0.6 is 0 Å². The summed E-state index contributed by atoms with van der Waals surface area (Å²) in [4.78, 5) is 12.7. The van der Waals surface area contributed by atoms with E-state index in [0.29, 0.717) is 10.9 Å². The van der Waals surface area contributed by atoms with Gasteiger partial charge in [-0.15, -0.1) is 0 Å². The van der Waals surface area contributed by atoms with Crippen LogP contribution in [0.4, 0.5) is 0 Å². The first-order valence-corrected chi connectivity index (χ1v) is 5.69. The van der Waals surface area contributed by atoms with Crippen molar-refractivity contribution in [2.24, 2.45) is 0 Å². The molecule has 0 amide bonds. The molecule has 16 heavy (non-hydrogen) atoms. The number of nitrogens with zero attached hydrogens (tertiary/aromatic N) is 1. The quantitative estimate of drug-likeness (QED) is 0.476. The number of H-pyrrole nitrogens is 1. The van der Waals surface area contributed by atoms with Gasteiger partial charge in [-0.05, 0) is 6.07 Å². The van der Waals surface area contributed by atoms with Crippen molar-refractivity contribution in [3.8, 4) is 0 Å². The Labute approximate surface area is 92.0 Å². The van der Waals surface area contributed by atoms with Gasteiger partial charge in [0.05, 0.1) is 5.56 Å². The third-order valence-corrected chi connectivity index (χ3v) is 3.16. The molecule has 0 bridgehead atoms. The highest BCUT2D eigenvalue weighted by Crippen LogP contribution is 2.26. The van der Waals surface area contributed by atoms with E-state index in [1.54, 1.807) is 24.3 Å². The first-order valence-electron chi connectivity index (χ1n) is 4.44. The predicted octanol–water partition coefficient (Wildman–Crippen LogP) is 1.05. The van der Waals surface area contributed by atoms with Crippen molar-refractivity contribution in [3.05, 3.63) is 46.1 Å². The number of aromatic amines is 1. The van der Waals surface area contributed by atoms with Crippen molar-refractivity contribution in [2.45, 2.75) is 5.37 Å². The summed E-state index contributed by atoms with van der Waals surface area (Å²) in [7, 11) is -3.15. The third-order valence-electron chi connectivity index (χ3n) is 2.30. The van der Waals surface area contributed by atoms with Crippen molar-refractivity contribution in [3.63, 3.8) is 0 Å². The fourth-order valence-corrected chi connectivity index (χ4v) is 2.21. The summed E-state index contributed by atoms with van der Waals surface area (Å²) in [6, 6.07) is 6.85. The Kier molecular flexibility index (Phi) is 2.61. The van der Waals surface area contributed by atoms with E-state index in [9.17, 15) is 18.5 Å². The molecule has 0 saturated carbocycles. The van der Waals surface area contributed by atoms with Gasteiger partial charge in [-0.25, -0.2) is 8.42 Å². The topological polar surface area (TPSA) is 93.1 Å². The van der Waals surface area contributed by atoms with Gasteiger partial charge in [0, 0.05) is 22.0 Å². The number of hydrogen-bond acceptors (Lipinski definition) is 4. The lowest BCUT2D eigenvalue weighted by atomic mass is 10.2. The fraction of sp³-hybridized carbons (Fsp3) is 0.111. The highest BCUT2D eigenvalue weighted by molar-refractivity contribution is 7.72. The van der Waals surface area contributed by atoms with Crippen molar-refractivity contribution in [1.29, 1.82) is 0 Å². The van der Waals surface area contributed by atoms with Crippen molar-refractivity contribution in [2.75, 3.05) is 0 Å². The van der Waals surface area contributed by atoms with Crippen LogP contribution in [0.1, 0.15) is 10.9 Å². The molecule has 7 heteroatoms. The summed E-state index contributed by atoms with van der Waals surface area (Å²) in [6.07, 6.45) is 1.36. The molecule has 2 rings (SSSR count). The molecule has 1 atom stereocenters. The normalized spacial score (nSPS) is 13.1. The average molecular weight is 240 g/mol. The Morgan fingerprint density at radius 1 is 1.31 bits per heavy atom. The molecular weight excluding hydrogens is 232 g/mol. The molecule has 0 fully saturated rings. The maximum atomic E-state index is 10.9. The average Bonchev–Trinajstić information content (AvgIpc) is 2.61. The molecule has 0 saturated heterocycles. The van der Waals surface area contributed by atoms with Gasteiger partial charge in [0.2, 0.25) is 10.7 Å². The summed E-state index contributed by atoms with van der Waals surface area (Å²) in [5.41, 5.74) is 0.859. The second-order valence-electron chi connectivity index (χ2n) is 3.23. The lowest BCUT2D eigenvalue weighted by molar-refractivity contribution is -0.501. The first kappa shape index (κ1) is 10.6. The van der Waals surface area contributed by atoms with Gasteiger partial charge >= 0.3 is 5.37 Å². The number of thiol groups is 1. The van der Waals surface area contributed by atoms with E-state index >= 15 is 0 Å². The monoisotopic (exact) mass is 240 g/mol. The molecule has 1 aromatic heterocycles. The first-order chi connectivity index (χ1) is 7.61. The van der Waals surface area contributed by atoms with Crippen LogP contribution in [0.15, 0.2) is 30.5 Å². The summed E-state index contributed by atoms with van der Waals surface area (Å²) < 4.78 is 21.7. The fourth-order valence-electron chi connectivity index (χ4n) is 1.61. The summed E-state index contributed by atoms with van der Waals surface area (Å²) in [5.74, 6) is 0. The number of nitrogens with one attached hydrogen (secondary N) is 1. The van der Waals surface area contributed by atoms with Crippen LogP contribution in [-0.2, 0) is 10.7 Å². The van der Waals surface area contributed by atoms with Crippen LogP contribution in [0.25, 0.3) is 10.9 Å². The molecule has 0 aliphatic rings. The number of nitro groups is 1. The number of fused-ring (bicyclic) bond motifs is 1. The Balaban J connectivity index is 2.66. The minimum Gasteiger partial charge on any atom is -0.361 e. The largest absolute Gasteiger partial charge is 0.361 e. The highest BCUT2D eigenvalue weighted by atomic mass is 32.2. The van der Waals surface area contributed by atoms with Crippen molar-refractivity contribution < 1.29 is 13.3 Å². The van der Waals surface area contributed by atoms with Gasteiger partial charge in [0.25, 0.3) is 0 Å². The zero-order valence-electron chi connectivity index (χ0n) is 7.99. The van der Waals surface area contributed by atoms with Gasteiger partial charge in [-0.1, -0.05) is 18.2 Å². The number of hydrogen-bond donors (Lipinski definition) is 2. The maximum Gasteiger partial charge on any atom is 0.335 e. The van der Waals surface area contributed by atoms with Crippen LogP contribution in [0.5, 0.6) is 0 Å². The van der Waals surface area contributed by atoms with E-state index in [1.165, 1.54) is 6.20 Å². The number of aromatic nitrogens is 1. The Hall–Kier alpha value is -1.89. The lowest BCUT2D eigenvalue weighted by Gasteiger charge is -2.00. The predicted molar refractivity (Wildman–Crippen MR) is 58.3 cm³/mol. The second kappa shape index (κ2) is 3.93. The number of rotatable bonds is 3. The van der Waals surface area contributed by atoms with Crippen LogP contribution in [0.2, 0.25) is 0 Å². The Morgan fingerprint density at radius 2 is 2.00 bits per heavy atom. The number of para-hydroxylation sites is 1. The van der Waals surface area contributed by atoms with Crippen LogP contribution in [0, 0.1) is 10.1 Å². The Bertz CT molecular complexity index is 609. The van der Waals surface area contributed by atoms with E-state index in [4.69, 9.17) is 0 Å². The van der Waals surface area contributed by atoms with Crippen LogP contribution in [0.3, 0.4) is 0 Å². The molecule has 1 unspecified atom stereocenters. The van der Waals surface area contributed by atoms with E-state index in [1.807, 2.05) is 0 Å². The van der Waals surface area contributed by atoms with E-state index < -0.39 is 21.0 Å². The summed E-state index contributed by atoms with van der Waals surface area (Å²) >= 11 is 0. The lowest BCUT2D eigenvalue weighted by Crippen LogP contribution is -2.11. The van der Waals surface area contributed by atoms with Crippen molar-refractivity contribution in [1.82, 2.24) is 4.98 Å². The minimum absolute atomic E-state index is 0.178. The van der Waals surface area contributed by atoms with Crippen LogP contribution < -0.4 is 0 Å². The molecule has 1 heterocycles. The van der Waals surface area contributed by atoms with Crippen molar-refractivity contribution >= 4 is 21.6 Å². The molecular formula is C9H8N2O4S. The SMILES string of the molecule is O=[N+]([O-])C(c1c[nH]c2ccccc12)[SH](=O)=O. The zero-order valence-corrected chi connectivity index (χ0v) is 8.89. The zero-order chi connectivity index (χ0) is 11.7. The van der Waals surface area contributed by atoms with Gasteiger partial charge in [-0.3, -0.25) is 10.1 Å². The molecule has 0 aliphatic heterocycles. The van der Waals surface area contributed by atoms with Crippen LogP contribution in [-0.4, -0.2) is 18.3 Å². The maximum absolute atomic E-state index is 10.9.